The van der Waals surface area contributed by atoms with Crippen LogP contribution in [-0.4, -0.2) is 32.0 Å². The number of aromatic nitrogens is 3. The molecule has 9 heteroatoms. The summed E-state index contributed by atoms with van der Waals surface area (Å²) in [5.74, 6) is 0.339. The van der Waals surface area contributed by atoms with Crippen molar-refractivity contribution in [2.45, 2.75) is 37.7 Å². The van der Waals surface area contributed by atoms with Crippen LogP contribution in [0.3, 0.4) is 0 Å². The summed E-state index contributed by atoms with van der Waals surface area (Å²) in [4.78, 5) is 24.5. The van der Waals surface area contributed by atoms with Crippen molar-refractivity contribution in [2.75, 3.05) is 5.32 Å². The monoisotopic (exact) mass is 399 g/mol. The number of aryl methyl sites for hydroxylation is 2. The Morgan fingerprint density at radius 2 is 2.11 bits per heavy atom. The van der Waals surface area contributed by atoms with Gasteiger partial charge < -0.3 is 14.3 Å². The van der Waals surface area contributed by atoms with E-state index in [9.17, 15) is 9.59 Å². The molecule has 0 saturated heterocycles. The minimum atomic E-state index is -0.568. The molecule has 0 fully saturated rings. The number of carbonyl (C=O) groups is 2. The third-order valence-corrected chi connectivity index (χ3v) is 5.10. The first-order valence-corrected chi connectivity index (χ1v) is 9.56. The summed E-state index contributed by atoms with van der Waals surface area (Å²) in [6, 6.07) is 8.75. The number of thioether (sulfide) groups is 1. The molecule has 0 spiro atoms. The van der Waals surface area contributed by atoms with E-state index in [0.717, 1.165) is 16.9 Å². The molecule has 28 heavy (non-hydrogen) atoms. The number of hydrogen-bond donors (Lipinski definition) is 2. The molecule has 0 bridgehead atoms. The molecule has 0 aliphatic rings. The van der Waals surface area contributed by atoms with Crippen molar-refractivity contribution in [1.82, 2.24) is 20.1 Å². The van der Waals surface area contributed by atoms with E-state index in [4.69, 9.17) is 4.42 Å². The Labute approximate surface area is 166 Å². The third kappa shape index (κ3) is 5.01. The van der Waals surface area contributed by atoms with Gasteiger partial charge in [-0.3, -0.25) is 10.1 Å². The van der Waals surface area contributed by atoms with Crippen LogP contribution in [0.15, 0.2) is 52.5 Å². The second kappa shape index (κ2) is 8.75. The zero-order valence-electron chi connectivity index (χ0n) is 15.8. The number of hydrogen-bond acceptors (Lipinski definition) is 6. The average Bonchev–Trinajstić information content (AvgIpc) is 3.30. The first kappa shape index (κ1) is 19.7. The van der Waals surface area contributed by atoms with E-state index in [0.29, 0.717) is 17.4 Å². The van der Waals surface area contributed by atoms with E-state index in [1.807, 2.05) is 38.1 Å². The number of nitrogens with zero attached hydrogens (tertiary/aromatic N) is 3. The molecule has 0 saturated carbocycles. The molecule has 146 valence electrons. The molecule has 2 heterocycles. The van der Waals surface area contributed by atoms with Crippen molar-refractivity contribution in [3.63, 3.8) is 0 Å². The van der Waals surface area contributed by atoms with Crippen LogP contribution < -0.4 is 10.6 Å². The van der Waals surface area contributed by atoms with Gasteiger partial charge in [-0.05, 0) is 44.5 Å². The second-order valence-electron chi connectivity index (χ2n) is 6.34. The molecule has 3 rings (SSSR count). The quantitative estimate of drug-likeness (QED) is 0.616. The van der Waals surface area contributed by atoms with E-state index < -0.39 is 17.2 Å². The zero-order chi connectivity index (χ0) is 20.1. The predicted molar refractivity (Wildman–Crippen MR) is 106 cm³/mol. The number of urea groups is 1. The standard InChI is InChI=1S/C19H21N5O3S/c1-12-6-7-16(13(2)9-12)21-18(26)22-17(25)14(3)28-19-23-20-11-24(19)10-15-5-4-8-27-15/h4-9,11,14H,10H2,1-3H3,(H2,21,22,25,26)/t14-/m1/s1. The minimum Gasteiger partial charge on any atom is -0.467 e. The van der Waals surface area contributed by atoms with Crippen molar-refractivity contribution in [2.24, 2.45) is 0 Å². The van der Waals surface area contributed by atoms with E-state index in [1.54, 1.807) is 30.1 Å². The Balaban J connectivity index is 1.56. The fourth-order valence-electron chi connectivity index (χ4n) is 2.55. The number of benzene rings is 1. The van der Waals surface area contributed by atoms with Crippen LogP contribution >= 0.6 is 11.8 Å². The summed E-state index contributed by atoms with van der Waals surface area (Å²) in [5, 5.41) is 13.0. The van der Waals surface area contributed by atoms with Gasteiger partial charge in [-0.15, -0.1) is 10.2 Å². The van der Waals surface area contributed by atoms with Crippen LogP contribution in [-0.2, 0) is 11.3 Å². The molecule has 3 amide bonds. The first-order valence-electron chi connectivity index (χ1n) is 8.68. The van der Waals surface area contributed by atoms with Gasteiger partial charge in [0.15, 0.2) is 5.16 Å². The molecular weight excluding hydrogens is 378 g/mol. The lowest BCUT2D eigenvalue weighted by Crippen LogP contribution is -2.39. The Hall–Kier alpha value is -3.07. The molecule has 2 aromatic heterocycles. The van der Waals surface area contributed by atoms with Gasteiger partial charge >= 0.3 is 6.03 Å². The van der Waals surface area contributed by atoms with Crippen LogP contribution in [0.2, 0.25) is 0 Å². The summed E-state index contributed by atoms with van der Waals surface area (Å²) in [6.45, 7) is 6.04. The van der Waals surface area contributed by atoms with Crippen molar-refractivity contribution < 1.29 is 14.0 Å². The van der Waals surface area contributed by atoms with Crippen LogP contribution in [0.5, 0.6) is 0 Å². The lowest BCUT2D eigenvalue weighted by atomic mass is 10.1. The van der Waals surface area contributed by atoms with Gasteiger partial charge in [-0.25, -0.2) is 4.79 Å². The highest BCUT2D eigenvalue weighted by Crippen LogP contribution is 2.22. The van der Waals surface area contributed by atoms with E-state index in [-0.39, 0.29) is 0 Å². The molecule has 8 nitrogen and oxygen atoms in total. The van der Waals surface area contributed by atoms with Crippen LogP contribution in [0.25, 0.3) is 0 Å². The number of anilines is 1. The molecule has 1 atom stereocenters. The highest BCUT2D eigenvalue weighted by Gasteiger charge is 2.20. The molecule has 0 radical (unpaired) electrons. The van der Waals surface area contributed by atoms with Crippen molar-refractivity contribution in [3.05, 3.63) is 59.8 Å². The summed E-state index contributed by atoms with van der Waals surface area (Å²) < 4.78 is 7.10. The molecule has 3 aromatic rings. The molecule has 0 aliphatic carbocycles. The van der Waals surface area contributed by atoms with Gasteiger partial charge in [-0.2, -0.15) is 0 Å². The number of furan rings is 1. The molecule has 2 N–H and O–H groups in total. The predicted octanol–water partition coefficient (Wildman–Crippen LogP) is 3.37. The summed E-state index contributed by atoms with van der Waals surface area (Å²) >= 11 is 1.22. The summed E-state index contributed by atoms with van der Waals surface area (Å²) in [6.07, 6.45) is 3.17. The number of imide groups is 1. The SMILES string of the molecule is Cc1ccc(NC(=O)NC(=O)[C@@H](C)Sc2nncn2Cc2ccco2)c(C)c1. The van der Waals surface area contributed by atoms with Gasteiger partial charge in [-0.1, -0.05) is 29.5 Å². The third-order valence-electron chi connectivity index (χ3n) is 4.00. The lowest BCUT2D eigenvalue weighted by molar-refractivity contribution is -0.119. The number of nitrogens with one attached hydrogen (secondary N) is 2. The number of amides is 3. The smallest absolute Gasteiger partial charge is 0.325 e. The van der Waals surface area contributed by atoms with E-state index in [1.165, 1.54) is 11.8 Å². The fourth-order valence-corrected chi connectivity index (χ4v) is 3.37. The van der Waals surface area contributed by atoms with E-state index in [2.05, 4.69) is 20.8 Å². The number of carbonyl (C=O) groups excluding carboxylic acids is 2. The second-order valence-corrected chi connectivity index (χ2v) is 7.65. The van der Waals surface area contributed by atoms with Crippen LogP contribution in [0.4, 0.5) is 10.5 Å². The minimum absolute atomic E-state index is 0.417. The van der Waals surface area contributed by atoms with Gasteiger partial charge in [0.05, 0.1) is 18.1 Å². The maximum Gasteiger partial charge on any atom is 0.325 e. The molecule has 0 aliphatic heterocycles. The van der Waals surface area contributed by atoms with Crippen molar-refractivity contribution in [1.29, 1.82) is 0 Å². The Morgan fingerprint density at radius 1 is 1.29 bits per heavy atom. The Morgan fingerprint density at radius 3 is 2.82 bits per heavy atom. The average molecular weight is 399 g/mol. The molecule has 0 unspecified atom stereocenters. The van der Waals surface area contributed by atoms with Crippen LogP contribution in [0.1, 0.15) is 23.8 Å². The topological polar surface area (TPSA) is 102 Å². The van der Waals surface area contributed by atoms with Gasteiger partial charge in [0.25, 0.3) is 0 Å². The fraction of sp³-hybridized carbons (Fsp3) is 0.263. The van der Waals surface area contributed by atoms with Crippen molar-refractivity contribution in [3.8, 4) is 0 Å². The van der Waals surface area contributed by atoms with Crippen molar-refractivity contribution >= 4 is 29.4 Å². The first-order chi connectivity index (χ1) is 13.4. The normalized spacial score (nSPS) is 11.8. The van der Waals surface area contributed by atoms with E-state index >= 15 is 0 Å². The largest absolute Gasteiger partial charge is 0.467 e. The molecule has 1 aromatic carbocycles. The maximum absolute atomic E-state index is 12.4. The Bertz CT molecular complexity index is 968. The van der Waals surface area contributed by atoms with Crippen LogP contribution in [0, 0.1) is 13.8 Å². The zero-order valence-corrected chi connectivity index (χ0v) is 16.6. The number of rotatable bonds is 6. The highest BCUT2D eigenvalue weighted by atomic mass is 32.2. The summed E-state index contributed by atoms with van der Waals surface area (Å²) in [7, 11) is 0. The maximum atomic E-state index is 12.4. The van der Waals surface area contributed by atoms with Gasteiger partial charge in [0.1, 0.15) is 12.1 Å². The van der Waals surface area contributed by atoms with Gasteiger partial charge in [0, 0.05) is 5.69 Å². The lowest BCUT2D eigenvalue weighted by Gasteiger charge is -2.13. The highest BCUT2D eigenvalue weighted by molar-refractivity contribution is 8.00. The summed E-state index contributed by atoms with van der Waals surface area (Å²) in [5.41, 5.74) is 2.69. The van der Waals surface area contributed by atoms with Gasteiger partial charge in [0.2, 0.25) is 5.91 Å². The Kier molecular flexibility index (Phi) is 6.15. The molecular formula is C19H21N5O3S.